The Morgan fingerprint density at radius 1 is 1.04 bits per heavy atom. The summed E-state index contributed by atoms with van der Waals surface area (Å²) >= 11 is 5.78. The lowest BCUT2D eigenvalue weighted by Crippen LogP contribution is -2.46. The summed E-state index contributed by atoms with van der Waals surface area (Å²) in [6.45, 7) is 2.54. The minimum Gasteiger partial charge on any atom is -0.497 e. The molecule has 4 rings (SSSR count). The van der Waals surface area contributed by atoms with Crippen LogP contribution in [0.15, 0.2) is 72.9 Å². The Balaban J connectivity index is 1.59. The first-order valence-electron chi connectivity index (χ1n) is 9.13. The van der Waals surface area contributed by atoms with Crippen LogP contribution in [0, 0.1) is 0 Å². The van der Waals surface area contributed by atoms with E-state index in [2.05, 4.69) is 57.4 Å². The number of aromatic nitrogens is 1. The number of nitrogens with one attached hydrogen (secondary N) is 1. The minimum absolute atomic E-state index is 0.0930. The fourth-order valence-corrected chi connectivity index (χ4v) is 3.88. The predicted molar refractivity (Wildman–Crippen MR) is 112 cm³/mol. The first-order chi connectivity index (χ1) is 13.3. The SMILES string of the molecule is COc1ccc(C2c3cccn3CCN2C(=S)NCc2ccccc2)cc1. The number of ether oxygens (including phenoxy) is 1. The van der Waals surface area contributed by atoms with Crippen molar-refractivity contribution in [3.8, 4) is 5.75 Å². The molecule has 2 heterocycles. The zero-order valence-electron chi connectivity index (χ0n) is 15.3. The molecule has 0 spiro atoms. The number of hydrogen-bond acceptors (Lipinski definition) is 2. The van der Waals surface area contributed by atoms with E-state index in [-0.39, 0.29) is 6.04 Å². The summed E-state index contributed by atoms with van der Waals surface area (Å²) in [6, 6.07) is 23.0. The second-order valence-corrected chi connectivity index (χ2v) is 7.03. The van der Waals surface area contributed by atoms with Crippen LogP contribution < -0.4 is 10.1 Å². The molecule has 1 unspecified atom stereocenters. The van der Waals surface area contributed by atoms with E-state index < -0.39 is 0 Å². The summed E-state index contributed by atoms with van der Waals surface area (Å²) in [5, 5.41) is 4.22. The smallest absolute Gasteiger partial charge is 0.170 e. The quantitative estimate of drug-likeness (QED) is 0.697. The Kier molecular flexibility index (Phi) is 5.12. The highest BCUT2D eigenvalue weighted by Crippen LogP contribution is 2.33. The topological polar surface area (TPSA) is 29.4 Å². The summed E-state index contributed by atoms with van der Waals surface area (Å²) in [7, 11) is 1.69. The van der Waals surface area contributed by atoms with E-state index in [1.165, 1.54) is 16.8 Å². The average Bonchev–Trinajstić information content (AvgIpc) is 3.21. The van der Waals surface area contributed by atoms with E-state index in [0.717, 1.165) is 30.5 Å². The van der Waals surface area contributed by atoms with Crippen molar-refractivity contribution in [2.24, 2.45) is 0 Å². The number of benzene rings is 2. The molecule has 0 saturated heterocycles. The van der Waals surface area contributed by atoms with Gasteiger partial charge in [0.1, 0.15) is 5.75 Å². The number of nitrogens with zero attached hydrogens (tertiary/aromatic N) is 2. The monoisotopic (exact) mass is 377 g/mol. The van der Waals surface area contributed by atoms with Crippen LogP contribution in [-0.4, -0.2) is 28.2 Å². The Labute approximate surface area is 165 Å². The van der Waals surface area contributed by atoms with E-state index in [4.69, 9.17) is 17.0 Å². The molecule has 1 aliphatic heterocycles. The minimum atomic E-state index is 0.0930. The second kappa shape index (κ2) is 7.84. The number of thiocarbonyl (C=S) groups is 1. The average molecular weight is 378 g/mol. The molecular formula is C22H23N3OS. The van der Waals surface area contributed by atoms with Gasteiger partial charge in [0.05, 0.1) is 13.2 Å². The van der Waals surface area contributed by atoms with Crippen molar-refractivity contribution in [1.29, 1.82) is 0 Å². The van der Waals surface area contributed by atoms with Crippen LogP contribution >= 0.6 is 12.2 Å². The third-order valence-electron chi connectivity index (χ3n) is 5.02. The molecule has 1 N–H and O–H groups in total. The maximum absolute atomic E-state index is 5.78. The van der Waals surface area contributed by atoms with E-state index in [1.54, 1.807) is 7.11 Å². The highest BCUT2D eigenvalue weighted by molar-refractivity contribution is 7.80. The van der Waals surface area contributed by atoms with Crippen LogP contribution in [0.2, 0.25) is 0 Å². The Hall–Kier alpha value is -2.79. The predicted octanol–water partition coefficient (Wildman–Crippen LogP) is 3.98. The van der Waals surface area contributed by atoms with Gasteiger partial charge in [-0.25, -0.2) is 0 Å². The third kappa shape index (κ3) is 3.69. The highest BCUT2D eigenvalue weighted by Gasteiger charge is 2.30. The standard InChI is InChI=1S/C22H23N3OS/c1-26-19-11-9-18(10-12-19)21-20-8-5-13-24(20)14-15-25(21)22(27)23-16-17-6-3-2-4-7-17/h2-13,21H,14-16H2,1H3,(H,23,27). The molecule has 0 radical (unpaired) electrons. The molecule has 5 heteroatoms. The van der Waals surface area contributed by atoms with Crippen LogP contribution in [0.4, 0.5) is 0 Å². The van der Waals surface area contributed by atoms with Gasteiger partial charge in [-0.05, 0) is 47.6 Å². The lowest BCUT2D eigenvalue weighted by Gasteiger charge is -2.39. The van der Waals surface area contributed by atoms with Crippen LogP contribution in [0.25, 0.3) is 0 Å². The molecule has 0 bridgehead atoms. The molecule has 1 aromatic heterocycles. The van der Waals surface area contributed by atoms with Crippen LogP contribution in [0.1, 0.15) is 22.9 Å². The van der Waals surface area contributed by atoms with Gasteiger partial charge in [0, 0.05) is 31.5 Å². The Bertz CT molecular complexity index is 905. The fourth-order valence-electron chi connectivity index (χ4n) is 3.61. The normalized spacial score (nSPS) is 15.9. The molecule has 1 atom stereocenters. The largest absolute Gasteiger partial charge is 0.497 e. The Morgan fingerprint density at radius 2 is 1.81 bits per heavy atom. The molecule has 27 heavy (non-hydrogen) atoms. The molecule has 0 aliphatic carbocycles. The van der Waals surface area contributed by atoms with Crippen molar-refractivity contribution in [1.82, 2.24) is 14.8 Å². The van der Waals surface area contributed by atoms with Gasteiger partial charge in [0.15, 0.2) is 5.11 Å². The summed E-state index contributed by atoms with van der Waals surface area (Å²) in [6.07, 6.45) is 2.14. The third-order valence-corrected chi connectivity index (χ3v) is 5.40. The molecule has 0 fully saturated rings. The lowest BCUT2D eigenvalue weighted by molar-refractivity contribution is 0.285. The van der Waals surface area contributed by atoms with Crippen molar-refractivity contribution >= 4 is 17.3 Å². The fraction of sp³-hybridized carbons (Fsp3) is 0.227. The van der Waals surface area contributed by atoms with Gasteiger partial charge in [0.25, 0.3) is 0 Å². The molecule has 4 nitrogen and oxygen atoms in total. The second-order valence-electron chi connectivity index (χ2n) is 6.64. The first kappa shape index (κ1) is 17.6. The number of rotatable bonds is 4. The molecule has 1 aliphatic rings. The van der Waals surface area contributed by atoms with Crippen molar-refractivity contribution in [2.45, 2.75) is 19.1 Å². The zero-order chi connectivity index (χ0) is 18.6. The van der Waals surface area contributed by atoms with E-state index >= 15 is 0 Å². The maximum atomic E-state index is 5.78. The Morgan fingerprint density at radius 3 is 2.56 bits per heavy atom. The summed E-state index contributed by atoms with van der Waals surface area (Å²) in [4.78, 5) is 2.29. The number of fused-ring (bicyclic) bond motifs is 1. The van der Waals surface area contributed by atoms with Gasteiger partial charge in [0.2, 0.25) is 0 Å². The molecule has 0 amide bonds. The van der Waals surface area contributed by atoms with E-state index in [0.29, 0.717) is 0 Å². The van der Waals surface area contributed by atoms with Gasteiger partial charge in [-0.1, -0.05) is 42.5 Å². The molecule has 3 aromatic rings. The van der Waals surface area contributed by atoms with E-state index in [1.807, 2.05) is 30.3 Å². The van der Waals surface area contributed by atoms with Gasteiger partial charge < -0.3 is 19.5 Å². The summed E-state index contributed by atoms with van der Waals surface area (Å²) < 4.78 is 7.63. The summed E-state index contributed by atoms with van der Waals surface area (Å²) in [5.41, 5.74) is 3.69. The molecule has 138 valence electrons. The van der Waals surface area contributed by atoms with Gasteiger partial charge >= 0.3 is 0 Å². The van der Waals surface area contributed by atoms with Crippen LogP contribution in [0.5, 0.6) is 5.75 Å². The lowest BCUT2D eigenvalue weighted by atomic mass is 10.00. The first-order valence-corrected chi connectivity index (χ1v) is 9.54. The molecule has 0 saturated carbocycles. The van der Waals surface area contributed by atoms with E-state index in [9.17, 15) is 0 Å². The van der Waals surface area contributed by atoms with Crippen LogP contribution in [0.3, 0.4) is 0 Å². The zero-order valence-corrected chi connectivity index (χ0v) is 16.2. The van der Waals surface area contributed by atoms with Gasteiger partial charge in [-0.3, -0.25) is 0 Å². The number of hydrogen-bond donors (Lipinski definition) is 1. The van der Waals surface area contributed by atoms with Crippen molar-refractivity contribution in [3.05, 3.63) is 89.7 Å². The van der Waals surface area contributed by atoms with Gasteiger partial charge in [-0.15, -0.1) is 0 Å². The summed E-state index contributed by atoms with van der Waals surface area (Å²) in [5.74, 6) is 0.862. The van der Waals surface area contributed by atoms with Crippen molar-refractivity contribution in [3.63, 3.8) is 0 Å². The maximum Gasteiger partial charge on any atom is 0.170 e. The highest BCUT2D eigenvalue weighted by atomic mass is 32.1. The van der Waals surface area contributed by atoms with Crippen LogP contribution in [-0.2, 0) is 13.1 Å². The molecular weight excluding hydrogens is 354 g/mol. The van der Waals surface area contributed by atoms with Gasteiger partial charge in [-0.2, -0.15) is 0 Å². The van der Waals surface area contributed by atoms with Crippen molar-refractivity contribution in [2.75, 3.05) is 13.7 Å². The number of methoxy groups -OCH3 is 1. The molecule has 2 aromatic carbocycles. The van der Waals surface area contributed by atoms with Crippen molar-refractivity contribution < 1.29 is 4.74 Å².